The molecule has 0 atom stereocenters. The number of likely N-dealkylation sites (N-methyl/N-ethyl adjacent to an activating group) is 1. The van der Waals surface area contributed by atoms with Crippen LogP contribution in [-0.2, 0) is 16.1 Å². The van der Waals surface area contributed by atoms with Gasteiger partial charge < -0.3 is 15.0 Å². The predicted octanol–water partition coefficient (Wildman–Crippen LogP) is 1.66. The van der Waals surface area contributed by atoms with Crippen LogP contribution in [0.5, 0.6) is 0 Å². The molecule has 106 valence electrons. The first-order valence-corrected chi connectivity index (χ1v) is 6.88. The maximum absolute atomic E-state index is 11.6. The van der Waals surface area contributed by atoms with Crippen molar-refractivity contribution in [1.82, 2.24) is 10.2 Å². The molecule has 0 aliphatic carbocycles. The molecule has 0 saturated heterocycles. The van der Waals surface area contributed by atoms with E-state index in [9.17, 15) is 4.79 Å². The molecule has 1 amide bonds. The summed E-state index contributed by atoms with van der Waals surface area (Å²) in [5.41, 5.74) is 1.25. The molecule has 1 aromatic carbocycles. The standard InChI is InChI=1S/C15H24N2O2/c1-3-17(4-2)15(18)13-19-11-10-16-12-14-8-6-5-7-9-14/h5-9,16H,3-4,10-13H2,1-2H3. The number of ether oxygens (including phenoxy) is 1. The van der Waals surface area contributed by atoms with Gasteiger partial charge >= 0.3 is 0 Å². The molecule has 1 N–H and O–H groups in total. The quantitative estimate of drug-likeness (QED) is 0.690. The summed E-state index contributed by atoms with van der Waals surface area (Å²) in [6, 6.07) is 10.2. The molecule has 0 fully saturated rings. The van der Waals surface area contributed by atoms with Gasteiger partial charge in [0.1, 0.15) is 6.61 Å². The number of rotatable bonds is 9. The fourth-order valence-corrected chi connectivity index (χ4v) is 1.80. The molecule has 19 heavy (non-hydrogen) atoms. The molecular formula is C15H24N2O2. The highest BCUT2D eigenvalue weighted by Gasteiger charge is 2.08. The second-order valence-electron chi connectivity index (χ2n) is 4.28. The predicted molar refractivity (Wildman–Crippen MR) is 76.9 cm³/mol. The maximum Gasteiger partial charge on any atom is 0.248 e. The third-order valence-electron chi connectivity index (χ3n) is 2.94. The summed E-state index contributed by atoms with van der Waals surface area (Å²) in [6.07, 6.45) is 0. The van der Waals surface area contributed by atoms with E-state index in [1.807, 2.05) is 32.0 Å². The number of carbonyl (C=O) groups is 1. The Morgan fingerprint density at radius 2 is 1.89 bits per heavy atom. The fraction of sp³-hybridized carbons (Fsp3) is 0.533. The first kappa shape index (κ1) is 15.7. The molecule has 0 bridgehead atoms. The van der Waals surface area contributed by atoms with E-state index < -0.39 is 0 Å². The van der Waals surface area contributed by atoms with E-state index in [4.69, 9.17) is 4.74 Å². The van der Waals surface area contributed by atoms with Crippen LogP contribution in [0.1, 0.15) is 19.4 Å². The minimum atomic E-state index is 0.0630. The van der Waals surface area contributed by atoms with Gasteiger partial charge in [0.05, 0.1) is 6.61 Å². The smallest absolute Gasteiger partial charge is 0.248 e. The Morgan fingerprint density at radius 1 is 1.21 bits per heavy atom. The van der Waals surface area contributed by atoms with Gasteiger partial charge in [-0.15, -0.1) is 0 Å². The number of carbonyl (C=O) groups excluding carboxylic acids is 1. The number of amides is 1. The van der Waals surface area contributed by atoms with E-state index in [-0.39, 0.29) is 12.5 Å². The van der Waals surface area contributed by atoms with E-state index >= 15 is 0 Å². The molecule has 0 radical (unpaired) electrons. The lowest BCUT2D eigenvalue weighted by Crippen LogP contribution is -2.34. The van der Waals surface area contributed by atoms with E-state index in [0.717, 1.165) is 26.2 Å². The van der Waals surface area contributed by atoms with Crippen LogP contribution in [0.4, 0.5) is 0 Å². The molecule has 4 heteroatoms. The van der Waals surface area contributed by atoms with Crippen molar-refractivity contribution in [2.75, 3.05) is 32.8 Å². The molecule has 1 rings (SSSR count). The van der Waals surface area contributed by atoms with Crippen molar-refractivity contribution in [3.8, 4) is 0 Å². The van der Waals surface area contributed by atoms with E-state index in [1.54, 1.807) is 4.90 Å². The minimum Gasteiger partial charge on any atom is -0.370 e. The number of nitrogens with one attached hydrogen (secondary N) is 1. The number of benzene rings is 1. The van der Waals surface area contributed by atoms with Gasteiger partial charge in [0.15, 0.2) is 0 Å². The summed E-state index contributed by atoms with van der Waals surface area (Å²) in [6.45, 7) is 7.74. The first-order valence-electron chi connectivity index (χ1n) is 6.88. The van der Waals surface area contributed by atoms with Crippen LogP contribution in [0.25, 0.3) is 0 Å². The Kier molecular flexibility index (Phi) is 7.86. The molecule has 1 aromatic rings. The lowest BCUT2D eigenvalue weighted by Gasteiger charge is -2.18. The average molecular weight is 264 g/mol. The van der Waals surface area contributed by atoms with Gasteiger partial charge in [-0.2, -0.15) is 0 Å². The monoisotopic (exact) mass is 264 g/mol. The van der Waals surface area contributed by atoms with Crippen molar-refractivity contribution in [1.29, 1.82) is 0 Å². The van der Waals surface area contributed by atoms with Crippen LogP contribution < -0.4 is 5.32 Å². The number of hydrogen-bond donors (Lipinski definition) is 1. The molecule has 0 saturated carbocycles. The summed E-state index contributed by atoms with van der Waals surface area (Å²) in [7, 11) is 0. The topological polar surface area (TPSA) is 41.6 Å². The van der Waals surface area contributed by atoms with Crippen LogP contribution in [0.2, 0.25) is 0 Å². The van der Waals surface area contributed by atoms with Crippen LogP contribution in [0.3, 0.4) is 0 Å². The highest BCUT2D eigenvalue weighted by atomic mass is 16.5. The van der Waals surface area contributed by atoms with Gasteiger partial charge in [-0.3, -0.25) is 4.79 Å². The van der Waals surface area contributed by atoms with Gasteiger partial charge in [-0.1, -0.05) is 30.3 Å². The number of nitrogens with zero attached hydrogens (tertiary/aromatic N) is 1. The Bertz CT molecular complexity index is 350. The molecule has 0 heterocycles. The van der Waals surface area contributed by atoms with E-state index in [2.05, 4.69) is 17.4 Å². The zero-order valence-corrected chi connectivity index (χ0v) is 11.9. The van der Waals surface area contributed by atoms with Crippen LogP contribution in [0.15, 0.2) is 30.3 Å². The summed E-state index contributed by atoms with van der Waals surface area (Å²) in [5.74, 6) is 0.0630. The minimum absolute atomic E-state index is 0.0630. The summed E-state index contributed by atoms with van der Waals surface area (Å²) >= 11 is 0. The molecule has 0 aromatic heterocycles. The second kappa shape index (κ2) is 9.53. The van der Waals surface area contributed by atoms with Gasteiger partial charge in [0, 0.05) is 26.2 Å². The van der Waals surface area contributed by atoms with Crippen LogP contribution >= 0.6 is 0 Å². The normalized spacial score (nSPS) is 10.4. The maximum atomic E-state index is 11.6. The van der Waals surface area contributed by atoms with Crippen molar-refractivity contribution >= 4 is 5.91 Å². The van der Waals surface area contributed by atoms with Gasteiger partial charge in [0.2, 0.25) is 5.91 Å². The lowest BCUT2D eigenvalue weighted by atomic mass is 10.2. The molecule has 4 nitrogen and oxygen atoms in total. The van der Waals surface area contributed by atoms with Crippen LogP contribution in [0, 0.1) is 0 Å². The largest absolute Gasteiger partial charge is 0.370 e. The Morgan fingerprint density at radius 3 is 2.53 bits per heavy atom. The Balaban J connectivity index is 2.04. The van der Waals surface area contributed by atoms with E-state index in [1.165, 1.54) is 5.56 Å². The van der Waals surface area contributed by atoms with Gasteiger partial charge in [0.25, 0.3) is 0 Å². The summed E-state index contributed by atoms with van der Waals surface area (Å²) in [4.78, 5) is 13.4. The lowest BCUT2D eigenvalue weighted by molar-refractivity contribution is -0.135. The SMILES string of the molecule is CCN(CC)C(=O)COCCNCc1ccccc1. The van der Waals surface area contributed by atoms with Crippen molar-refractivity contribution in [3.63, 3.8) is 0 Å². The van der Waals surface area contributed by atoms with Crippen molar-refractivity contribution in [2.45, 2.75) is 20.4 Å². The van der Waals surface area contributed by atoms with Crippen LogP contribution in [-0.4, -0.2) is 43.7 Å². The molecule has 0 aliphatic rings. The molecule has 0 spiro atoms. The fourth-order valence-electron chi connectivity index (χ4n) is 1.80. The Labute approximate surface area is 115 Å². The highest BCUT2D eigenvalue weighted by molar-refractivity contribution is 5.77. The van der Waals surface area contributed by atoms with Gasteiger partial charge in [-0.05, 0) is 19.4 Å². The highest BCUT2D eigenvalue weighted by Crippen LogP contribution is 1.96. The first-order chi connectivity index (χ1) is 9.27. The van der Waals surface area contributed by atoms with Crippen molar-refractivity contribution < 1.29 is 9.53 Å². The molecule has 0 aliphatic heterocycles. The molecule has 0 unspecified atom stereocenters. The third-order valence-corrected chi connectivity index (χ3v) is 2.94. The zero-order valence-electron chi connectivity index (χ0n) is 11.9. The summed E-state index contributed by atoms with van der Waals surface area (Å²) in [5, 5.41) is 3.28. The van der Waals surface area contributed by atoms with Crippen molar-refractivity contribution in [2.24, 2.45) is 0 Å². The van der Waals surface area contributed by atoms with Gasteiger partial charge in [-0.25, -0.2) is 0 Å². The number of hydrogen-bond acceptors (Lipinski definition) is 3. The second-order valence-corrected chi connectivity index (χ2v) is 4.28. The third kappa shape index (κ3) is 6.36. The zero-order chi connectivity index (χ0) is 13.9. The summed E-state index contributed by atoms with van der Waals surface area (Å²) < 4.78 is 5.36. The van der Waals surface area contributed by atoms with Crippen molar-refractivity contribution in [3.05, 3.63) is 35.9 Å². The molecular weight excluding hydrogens is 240 g/mol. The average Bonchev–Trinajstić information content (AvgIpc) is 2.45. The van der Waals surface area contributed by atoms with E-state index in [0.29, 0.717) is 6.61 Å². The Hall–Kier alpha value is -1.39.